The van der Waals surface area contributed by atoms with Crippen LogP contribution in [0.5, 0.6) is 0 Å². The average molecular weight is 138 g/mol. The Morgan fingerprint density at radius 1 is 1.70 bits per heavy atom. The minimum Gasteiger partial charge on any atom is -0.351 e. The summed E-state index contributed by atoms with van der Waals surface area (Å²) < 4.78 is 0. The molecule has 2 nitrogen and oxygen atoms in total. The van der Waals surface area contributed by atoms with Gasteiger partial charge in [0.05, 0.1) is 12.0 Å². The zero-order chi connectivity index (χ0) is 7.40. The largest absolute Gasteiger partial charge is 0.351 e. The molecule has 1 aromatic rings. The summed E-state index contributed by atoms with van der Waals surface area (Å²) in [4.78, 5) is 7.10. The summed E-state index contributed by atoms with van der Waals surface area (Å²) in [6.45, 7) is 4.45. The molecule has 0 unspecified atom stereocenters. The molecule has 0 bridgehead atoms. The fourth-order valence-corrected chi connectivity index (χ4v) is 0.904. The van der Waals surface area contributed by atoms with Crippen molar-refractivity contribution in [3.8, 4) is 0 Å². The summed E-state index contributed by atoms with van der Waals surface area (Å²) in [5.74, 6) is 0.753. The molecular formula is C8H14N2. The summed E-state index contributed by atoms with van der Waals surface area (Å²) in [6, 6.07) is 0. The van der Waals surface area contributed by atoms with E-state index in [2.05, 4.69) is 23.8 Å². The number of aromatic amines is 1. The van der Waals surface area contributed by atoms with Crippen LogP contribution in [0, 0.1) is 5.92 Å². The van der Waals surface area contributed by atoms with E-state index in [1.165, 1.54) is 12.1 Å². The van der Waals surface area contributed by atoms with Crippen molar-refractivity contribution in [2.24, 2.45) is 5.92 Å². The molecular weight excluding hydrogens is 124 g/mol. The van der Waals surface area contributed by atoms with Crippen molar-refractivity contribution in [1.29, 1.82) is 0 Å². The van der Waals surface area contributed by atoms with Gasteiger partial charge in [-0.05, 0) is 12.3 Å². The van der Waals surface area contributed by atoms with Crippen LogP contribution in [0.2, 0.25) is 0 Å². The average Bonchev–Trinajstić information content (AvgIpc) is 2.40. The van der Waals surface area contributed by atoms with Crippen molar-refractivity contribution < 1.29 is 0 Å². The molecule has 56 valence electrons. The lowest BCUT2D eigenvalue weighted by Crippen LogP contribution is -1.97. The summed E-state index contributed by atoms with van der Waals surface area (Å²) in [7, 11) is 0. The van der Waals surface area contributed by atoms with Gasteiger partial charge in [0.15, 0.2) is 0 Å². The highest BCUT2D eigenvalue weighted by atomic mass is 14.9. The quantitative estimate of drug-likeness (QED) is 0.680. The lowest BCUT2D eigenvalue weighted by molar-refractivity contribution is 0.554. The molecule has 0 saturated heterocycles. The molecule has 0 aliphatic carbocycles. The van der Waals surface area contributed by atoms with Gasteiger partial charge in [0.2, 0.25) is 0 Å². The maximum Gasteiger partial charge on any atom is 0.0923 e. The molecule has 0 radical (unpaired) electrons. The first kappa shape index (κ1) is 7.32. The van der Waals surface area contributed by atoms with E-state index in [0.717, 1.165) is 12.3 Å². The van der Waals surface area contributed by atoms with Gasteiger partial charge in [-0.25, -0.2) is 4.98 Å². The van der Waals surface area contributed by atoms with E-state index >= 15 is 0 Å². The molecule has 2 heteroatoms. The van der Waals surface area contributed by atoms with Gasteiger partial charge in [0, 0.05) is 6.20 Å². The summed E-state index contributed by atoms with van der Waals surface area (Å²) in [5.41, 5.74) is 1.18. The van der Waals surface area contributed by atoms with Gasteiger partial charge in [0.25, 0.3) is 0 Å². The van der Waals surface area contributed by atoms with Crippen LogP contribution in [0.3, 0.4) is 0 Å². The molecule has 0 fully saturated rings. The summed E-state index contributed by atoms with van der Waals surface area (Å²) in [6.07, 6.45) is 6.02. The Balaban J connectivity index is 2.40. The predicted molar refractivity (Wildman–Crippen MR) is 41.7 cm³/mol. The Morgan fingerprint density at radius 3 is 3.00 bits per heavy atom. The Hall–Kier alpha value is -0.790. The van der Waals surface area contributed by atoms with Crippen molar-refractivity contribution in [2.75, 3.05) is 0 Å². The second-order valence-electron chi connectivity index (χ2n) is 2.78. The van der Waals surface area contributed by atoms with Gasteiger partial charge >= 0.3 is 0 Å². The van der Waals surface area contributed by atoms with Crippen LogP contribution in [0.1, 0.15) is 26.0 Å². The van der Waals surface area contributed by atoms with Gasteiger partial charge in [0.1, 0.15) is 0 Å². The van der Waals surface area contributed by atoms with Crippen LogP contribution in [0.25, 0.3) is 0 Å². The molecule has 1 N–H and O–H groups in total. The zero-order valence-electron chi connectivity index (χ0n) is 6.59. The lowest BCUT2D eigenvalue weighted by atomic mass is 10.0. The molecule has 0 aliphatic rings. The monoisotopic (exact) mass is 138 g/mol. The van der Waals surface area contributed by atoms with E-state index < -0.39 is 0 Å². The van der Waals surface area contributed by atoms with E-state index in [1.54, 1.807) is 6.33 Å². The standard InChI is InChI=1S/C8H14N2/c1-3-7(2)4-8-5-9-6-10-8/h5-7H,3-4H2,1-2H3,(H,9,10)/t7-/m1/s1. The van der Waals surface area contributed by atoms with Crippen LogP contribution >= 0.6 is 0 Å². The number of H-pyrrole nitrogens is 1. The lowest BCUT2D eigenvalue weighted by Gasteiger charge is -2.03. The molecule has 1 atom stereocenters. The fraction of sp³-hybridized carbons (Fsp3) is 0.625. The second-order valence-corrected chi connectivity index (χ2v) is 2.78. The minimum atomic E-state index is 0.753. The van der Waals surface area contributed by atoms with Gasteiger partial charge < -0.3 is 4.98 Å². The highest BCUT2D eigenvalue weighted by Crippen LogP contribution is 2.07. The first-order valence-corrected chi connectivity index (χ1v) is 3.80. The van der Waals surface area contributed by atoms with E-state index in [9.17, 15) is 0 Å². The Labute approximate surface area is 61.7 Å². The minimum absolute atomic E-state index is 0.753. The molecule has 10 heavy (non-hydrogen) atoms. The first-order chi connectivity index (χ1) is 4.83. The topological polar surface area (TPSA) is 28.7 Å². The number of nitrogens with one attached hydrogen (secondary N) is 1. The van der Waals surface area contributed by atoms with Crippen molar-refractivity contribution in [3.63, 3.8) is 0 Å². The maximum absolute atomic E-state index is 4.15. The Morgan fingerprint density at radius 2 is 2.50 bits per heavy atom. The van der Waals surface area contributed by atoms with Gasteiger partial charge in [-0.15, -0.1) is 0 Å². The molecule has 0 amide bonds. The van der Waals surface area contributed by atoms with Gasteiger partial charge in [-0.3, -0.25) is 0 Å². The maximum atomic E-state index is 4.15. The van der Waals surface area contributed by atoms with Gasteiger partial charge in [-0.2, -0.15) is 0 Å². The van der Waals surface area contributed by atoms with Crippen molar-refractivity contribution in [1.82, 2.24) is 9.97 Å². The smallest absolute Gasteiger partial charge is 0.0923 e. The van der Waals surface area contributed by atoms with E-state index in [-0.39, 0.29) is 0 Å². The molecule has 0 aromatic carbocycles. The summed E-state index contributed by atoms with van der Waals surface area (Å²) >= 11 is 0. The molecule has 0 aliphatic heterocycles. The number of nitrogens with zero attached hydrogens (tertiary/aromatic N) is 1. The van der Waals surface area contributed by atoms with E-state index in [4.69, 9.17) is 0 Å². The summed E-state index contributed by atoms with van der Waals surface area (Å²) in [5, 5.41) is 0. The highest BCUT2D eigenvalue weighted by molar-refractivity contribution is 4.94. The Bertz CT molecular complexity index is 167. The van der Waals surface area contributed by atoms with Crippen LogP contribution in [-0.2, 0) is 6.42 Å². The third-order valence-electron chi connectivity index (χ3n) is 1.81. The number of aromatic nitrogens is 2. The normalized spacial score (nSPS) is 13.4. The number of rotatable bonds is 3. The van der Waals surface area contributed by atoms with E-state index in [0.29, 0.717) is 0 Å². The predicted octanol–water partition coefficient (Wildman–Crippen LogP) is 2.00. The van der Waals surface area contributed by atoms with Gasteiger partial charge in [-0.1, -0.05) is 20.3 Å². The van der Waals surface area contributed by atoms with Crippen LogP contribution in [0.4, 0.5) is 0 Å². The Kier molecular flexibility index (Phi) is 2.49. The van der Waals surface area contributed by atoms with Crippen LogP contribution < -0.4 is 0 Å². The highest BCUT2D eigenvalue weighted by Gasteiger charge is 2.00. The number of imidazole rings is 1. The van der Waals surface area contributed by atoms with Crippen molar-refractivity contribution >= 4 is 0 Å². The van der Waals surface area contributed by atoms with Crippen LogP contribution in [0.15, 0.2) is 12.5 Å². The van der Waals surface area contributed by atoms with Crippen LogP contribution in [-0.4, -0.2) is 9.97 Å². The molecule has 1 rings (SSSR count). The number of hydrogen-bond donors (Lipinski definition) is 1. The first-order valence-electron chi connectivity index (χ1n) is 3.80. The molecule has 0 spiro atoms. The second kappa shape index (κ2) is 3.40. The molecule has 1 heterocycles. The molecule has 1 aromatic heterocycles. The third-order valence-corrected chi connectivity index (χ3v) is 1.81. The number of hydrogen-bond acceptors (Lipinski definition) is 1. The zero-order valence-corrected chi connectivity index (χ0v) is 6.59. The van der Waals surface area contributed by atoms with E-state index in [1.807, 2.05) is 6.20 Å². The van der Waals surface area contributed by atoms with Crippen molar-refractivity contribution in [2.45, 2.75) is 26.7 Å². The van der Waals surface area contributed by atoms with Crippen molar-refractivity contribution in [3.05, 3.63) is 18.2 Å². The third kappa shape index (κ3) is 1.87. The SMILES string of the molecule is CC[C@@H](C)Cc1c[nH]cn1. The fourth-order valence-electron chi connectivity index (χ4n) is 0.904. The molecule has 0 saturated carbocycles.